The first-order valence-corrected chi connectivity index (χ1v) is 10.4. The highest BCUT2D eigenvalue weighted by atomic mass is 32.1. The van der Waals surface area contributed by atoms with Gasteiger partial charge in [0.15, 0.2) is 0 Å². The molecule has 1 heterocycles. The van der Waals surface area contributed by atoms with Crippen LogP contribution in [-0.2, 0) is 24.1 Å². The third-order valence-corrected chi connectivity index (χ3v) is 6.50. The summed E-state index contributed by atoms with van der Waals surface area (Å²) in [4.78, 5) is 15.4. The van der Waals surface area contributed by atoms with Crippen molar-refractivity contribution in [3.63, 3.8) is 0 Å². The maximum Gasteiger partial charge on any atom is 0.339 e. The molecule has 1 aromatic carbocycles. The van der Waals surface area contributed by atoms with Gasteiger partial charge in [-0.2, -0.15) is 0 Å². The number of unbranched alkanes of at least 4 members (excludes halogenated alkanes) is 1. The van der Waals surface area contributed by atoms with Gasteiger partial charge in [-0.1, -0.05) is 51.5 Å². The third kappa shape index (κ3) is 4.02. The normalized spacial score (nSPS) is 15.5. The fourth-order valence-corrected chi connectivity index (χ4v) is 4.82. The summed E-state index contributed by atoms with van der Waals surface area (Å²) in [5, 5.41) is 0. The highest BCUT2D eigenvalue weighted by molar-refractivity contribution is 7.16. The molecule has 0 amide bonds. The van der Waals surface area contributed by atoms with Crippen molar-refractivity contribution in [3.8, 4) is 10.4 Å². The average molecular weight is 372 g/mol. The Morgan fingerprint density at radius 2 is 2.00 bits per heavy atom. The fourth-order valence-electron chi connectivity index (χ4n) is 3.51. The van der Waals surface area contributed by atoms with E-state index in [-0.39, 0.29) is 11.4 Å². The first kappa shape index (κ1) is 19.1. The molecular weight excluding hydrogens is 342 g/mol. The average Bonchev–Trinajstić information content (AvgIpc) is 2.99. The molecule has 1 aromatic heterocycles. The van der Waals surface area contributed by atoms with Crippen LogP contribution < -0.4 is 5.73 Å². The molecule has 140 valence electrons. The van der Waals surface area contributed by atoms with Crippen LogP contribution >= 0.6 is 11.3 Å². The number of hydrogen-bond donors (Lipinski definition) is 1. The van der Waals surface area contributed by atoms with E-state index in [1.165, 1.54) is 10.4 Å². The molecule has 0 radical (unpaired) electrons. The zero-order chi connectivity index (χ0) is 18.7. The molecule has 3 rings (SSSR count). The Labute approximate surface area is 160 Å². The number of hydrogen-bond acceptors (Lipinski definition) is 4. The molecule has 26 heavy (non-hydrogen) atoms. The first-order valence-electron chi connectivity index (χ1n) is 9.56. The van der Waals surface area contributed by atoms with Gasteiger partial charge in [0.2, 0.25) is 0 Å². The van der Waals surface area contributed by atoms with Gasteiger partial charge in [-0.3, -0.25) is 0 Å². The molecule has 0 fully saturated rings. The molecule has 0 saturated heterocycles. The first-order chi connectivity index (χ1) is 12.4. The van der Waals surface area contributed by atoms with Crippen LogP contribution in [0.3, 0.4) is 0 Å². The van der Waals surface area contributed by atoms with E-state index in [1.807, 2.05) is 12.1 Å². The summed E-state index contributed by atoms with van der Waals surface area (Å²) >= 11 is 1.76. The Bertz CT molecular complexity index is 774. The molecule has 0 unspecified atom stereocenters. The zero-order valence-electron chi connectivity index (χ0n) is 16.1. The SMILES string of the molecule is CCCCOC(=O)c1c(-c2ccc(CN)cc2)sc2c1CC(C)(C)CC2. The Kier molecular flexibility index (Phi) is 5.83. The molecule has 0 aliphatic heterocycles. The molecule has 0 saturated carbocycles. The van der Waals surface area contributed by atoms with E-state index in [4.69, 9.17) is 10.5 Å². The highest BCUT2D eigenvalue weighted by Crippen LogP contribution is 2.45. The standard InChI is InChI=1S/C22H29NO2S/c1-4-5-12-25-21(24)19-17-13-22(2,3)11-10-18(17)26-20(19)16-8-6-15(14-23)7-9-16/h6-9H,4-5,10-14,23H2,1-3H3. The number of thiophene rings is 1. The number of fused-ring (bicyclic) bond motifs is 1. The van der Waals surface area contributed by atoms with E-state index in [1.54, 1.807) is 11.3 Å². The van der Waals surface area contributed by atoms with Crippen molar-refractivity contribution in [2.24, 2.45) is 11.1 Å². The quantitative estimate of drug-likeness (QED) is 0.550. The number of nitrogens with two attached hydrogens (primary N) is 1. The van der Waals surface area contributed by atoms with Crippen molar-refractivity contribution in [2.75, 3.05) is 6.61 Å². The van der Waals surface area contributed by atoms with Crippen molar-refractivity contribution in [1.82, 2.24) is 0 Å². The number of carbonyl (C=O) groups excluding carboxylic acids is 1. The summed E-state index contributed by atoms with van der Waals surface area (Å²) in [6, 6.07) is 8.25. The smallest absolute Gasteiger partial charge is 0.339 e. The van der Waals surface area contributed by atoms with E-state index in [0.717, 1.165) is 53.7 Å². The van der Waals surface area contributed by atoms with Gasteiger partial charge in [-0.05, 0) is 47.8 Å². The van der Waals surface area contributed by atoms with Gasteiger partial charge < -0.3 is 10.5 Å². The molecule has 2 aromatic rings. The Morgan fingerprint density at radius 3 is 2.65 bits per heavy atom. The van der Waals surface area contributed by atoms with Crippen LogP contribution in [0, 0.1) is 5.41 Å². The van der Waals surface area contributed by atoms with Gasteiger partial charge in [0, 0.05) is 16.3 Å². The monoisotopic (exact) mass is 371 g/mol. The predicted molar refractivity (Wildman–Crippen MR) is 109 cm³/mol. The largest absolute Gasteiger partial charge is 0.462 e. The minimum absolute atomic E-state index is 0.161. The van der Waals surface area contributed by atoms with Crippen molar-refractivity contribution >= 4 is 17.3 Å². The molecule has 0 spiro atoms. The Hall–Kier alpha value is -1.65. The molecule has 1 aliphatic rings. The molecule has 2 N–H and O–H groups in total. The maximum atomic E-state index is 12.9. The molecule has 3 nitrogen and oxygen atoms in total. The second kappa shape index (κ2) is 7.93. The zero-order valence-corrected chi connectivity index (χ0v) is 16.9. The van der Waals surface area contributed by atoms with E-state index in [0.29, 0.717) is 13.2 Å². The number of ether oxygens (including phenoxy) is 1. The van der Waals surface area contributed by atoms with Crippen LogP contribution in [0.5, 0.6) is 0 Å². The summed E-state index contributed by atoms with van der Waals surface area (Å²) in [5.41, 5.74) is 10.2. The van der Waals surface area contributed by atoms with Gasteiger partial charge in [0.05, 0.1) is 12.2 Å². The molecule has 4 heteroatoms. The van der Waals surface area contributed by atoms with Gasteiger partial charge >= 0.3 is 5.97 Å². The summed E-state index contributed by atoms with van der Waals surface area (Å²) in [6.45, 7) is 7.70. The van der Waals surface area contributed by atoms with Crippen molar-refractivity contribution in [1.29, 1.82) is 0 Å². The molecular formula is C22H29NO2S. The minimum Gasteiger partial charge on any atom is -0.462 e. The summed E-state index contributed by atoms with van der Waals surface area (Å²) in [7, 11) is 0. The lowest BCUT2D eigenvalue weighted by molar-refractivity contribution is 0.0499. The molecule has 1 aliphatic carbocycles. The van der Waals surface area contributed by atoms with Crippen LogP contribution in [0.25, 0.3) is 10.4 Å². The van der Waals surface area contributed by atoms with Crippen LogP contribution in [0.4, 0.5) is 0 Å². The molecule has 0 bridgehead atoms. The minimum atomic E-state index is -0.161. The van der Waals surface area contributed by atoms with E-state index >= 15 is 0 Å². The van der Waals surface area contributed by atoms with Crippen LogP contribution in [-0.4, -0.2) is 12.6 Å². The van der Waals surface area contributed by atoms with Crippen molar-refractivity contribution < 1.29 is 9.53 Å². The number of benzene rings is 1. The van der Waals surface area contributed by atoms with Crippen molar-refractivity contribution in [2.45, 2.75) is 59.4 Å². The number of rotatable bonds is 6. The van der Waals surface area contributed by atoms with Gasteiger partial charge in [-0.25, -0.2) is 4.79 Å². The van der Waals surface area contributed by atoms with Gasteiger partial charge in [-0.15, -0.1) is 11.3 Å². The lowest BCUT2D eigenvalue weighted by Crippen LogP contribution is -2.23. The number of aryl methyl sites for hydroxylation is 1. The summed E-state index contributed by atoms with van der Waals surface area (Å²) < 4.78 is 5.62. The van der Waals surface area contributed by atoms with Crippen LogP contribution in [0.15, 0.2) is 24.3 Å². The summed E-state index contributed by atoms with van der Waals surface area (Å²) in [6.07, 6.45) is 5.08. The van der Waals surface area contributed by atoms with Crippen LogP contribution in [0.1, 0.15) is 66.4 Å². The van der Waals surface area contributed by atoms with Gasteiger partial charge in [0.1, 0.15) is 0 Å². The lowest BCUT2D eigenvalue weighted by atomic mass is 9.76. The second-order valence-corrected chi connectivity index (χ2v) is 9.04. The maximum absolute atomic E-state index is 12.9. The summed E-state index contributed by atoms with van der Waals surface area (Å²) in [5.74, 6) is -0.161. The Balaban J connectivity index is 2.02. The number of esters is 1. The lowest BCUT2D eigenvalue weighted by Gasteiger charge is -2.29. The topological polar surface area (TPSA) is 52.3 Å². The van der Waals surface area contributed by atoms with Gasteiger partial charge in [0.25, 0.3) is 0 Å². The van der Waals surface area contributed by atoms with E-state index in [9.17, 15) is 4.79 Å². The van der Waals surface area contributed by atoms with Crippen molar-refractivity contribution in [3.05, 3.63) is 45.8 Å². The second-order valence-electron chi connectivity index (χ2n) is 7.94. The highest BCUT2D eigenvalue weighted by Gasteiger charge is 2.33. The predicted octanol–water partition coefficient (Wildman–Crippen LogP) is 5.35. The fraction of sp³-hybridized carbons (Fsp3) is 0.500. The molecule has 0 atom stereocenters. The van der Waals surface area contributed by atoms with E-state index < -0.39 is 0 Å². The Morgan fingerprint density at radius 1 is 1.27 bits per heavy atom. The number of carbonyl (C=O) groups is 1. The third-order valence-electron chi connectivity index (χ3n) is 5.16. The van der Waals surface area contributed by atoms with E-state index in [2.05, 4.69) is 32.9 Å². The van der Waals surface area contributed by atoms with Crippen LogP contribution in [0.2, 0.25) is 0 Å².